The molecule has 7 heteroatoms. The Bertz CT molecular complexity index is 603. The summed E-state index contributed by atoms with van der Waals surface area (Å²) in [6.07, 6.45) is 0. The van der Waals surface area contributed by atoms with Crippen LogP contribution in [0.25, 0.3) is 0 Å². The zero-order valence-corrected chi connectivity index (χ0v) is 13.4. The lowest BCUT2D eigenvalue weighted by Crippen LogP contribution is -2.51. The van der Waals surface area contributed by atoms with Gasteiger partial charge in [-0.05, 0) is 32.2 Å². The molecule has 1 aliphatic rings. The number of nitrogens with zero attached hydrogens (tertiary/aromatic N) is 2. The van der Waals surface area contributed by atoms with Crippen LogP contribution < -0.4 is 4.74 Å². The monoisotopic (exact) mass is 314 g/mol. The third kappa shape index (κ3) is 3.21. The molecule has 1 N–H and O–H groups in total. The number of rotatable bonds is 4. The fourth-order valence-electron chi connectivity index (χ4n) is 2.42. The van der Waals surface area contributed by atoms with E-state index in [2.05, 4.69) is 4.90 Å². The quantitative estimate of drug-likeness (QED) is 0.877. The topological polar surface area (TPSA) is 70.1 Å². The highest BCUT2D eigenvalue weighted by atomic mass is 32.2. The van der Waals surface area contributed by atoms with Crippen molar-refractivity contribution in [1.29, 1.82) is 0 Å². The Labute approximate surface area is 126 Å². The van der Waals surface area contributed by atoms with E-state index in [-0.39, 0.29) is 17.5 Å². The second kappa shape index (κ2) is 6.31. The summed E-state index contributed by atoms with van der Waals surface area (Å²) in [5.41, 5.74) is 0.473. The Morgan fingerprint density at radius 3 is 2.67 bits per heavy atom. The number of likely N-dealkylation sites (N-methyl/N-ethyl adjacent to an activating group) is 1. The van der Waals surface area contributed by atoms with Gasteiger partial charge >= 0.3 is 0 Å². The first kappa shape index (κ1) is 16.2. The van der Waals surface area contributed by atoms with Crippen LogP contribution >= 0.6 is 0 Å². The minimum absolute atomic E-state index is 0.184. The predicted molar refractivity (Wildman–Crippen MR) is 79.8 cm³/mol. The van der Waals surface area contributed by atoms with Gasteiger partial charge in [-0.3, -0.25) is 0 Å². The average molecular weight is 314 g/mol. The van der Waals surface area contributed by atoms with Gasteiger partial charge in [0, 0.05) is 31.2 Å². The highest BCUT2D eigenvalue weighted by Crippen LogP contribution is 2.25. The number of ether oxygens (including phenoxy) is 1. The summed E-state index contributed by atoms with van der Waals surface area (Å²) in [6.45, 7) is 3.41. The van der Waals surface area contributed by atoms with Crippen LogP contribution in [0.1, 0.15) is 12.5 Å². The van der Waals surface area contributed by atoms with Crippen molar-refractivity contribution in [3.63, 3.8) is 0 Å². The van der Waals surface area contributed by atoms with Crippen LogP contribution in [0, 0.1) is 0 Å². The fraction of sp³-hybridized carbons (Fsp3) is 0.571. The molecular formula is C14H22N2O4S. The molecule has 0 spiro atoms. The van der Waals surface area contributed by atoms with E-state index < -0.39 is 10.0 Å². The van der Waals surface area contributed by atoms with E-state index in [1.807, 2.05) is 14.0 Å². The highest BCUT2D eigenvalue weighted by Gasteiger charge is 2.31. The van der Waals surface area contributed by atoms with E-state index in [9.17, 15) is 13.5 Å². The van der Waals surface area contributed by atoms with Crippen LogP contribution in [0.4, 0.5) is 0 Å². The molecule has 0 saturated carbocycles. The van der Waals surface area contributed by atoms with E-state index in [1.165, 1.54) is 23.5 Å². The van der Waals surface area contributed by atoms with Crippen molar-refractivity contribution < 1.29 is 18.3 Å². The number of sulfonamides is 1. The lowest BCUT2D eigenvalue weighted by Gasteiger charge is -2.36. The highest BCUT2D eigenvalue weighted by molar-refractivity contribution is 7.89. The maximum atomic E-state index is 12.7. The average Bonchev–Trinajstić information content (AvgIpc) is 2.49. The van der Waals surface area contributed by atoms with Gasteiger partial charge in [0.15, 0.2) is 0 Å². The van der Waals surface area contributed by atoms with Crippen molar-refractivity contribution in [2.24, 2.45) is 0 Å². The van der Waals surface area contributed by atoms with Gasteiger partial charge in [-0.2, -0.15) is 4.31 Å². The molecule has 0 aliphatic carbocycles. The lowest BCUT2D eigenvalue weighted by molar-refractivity contribution is 0.159. The first-order valence-corrected chi connectivity index (χ1v) is 8.32. The molecule has 1 aliphatic heterocycles. The van der Waals surface area contributed by atoms with Gasteiger partial charge in [-0.25, -0.2) is 8.42 Å². The normalized spacial score (nSPS) is 21.4. The van der Waals surface area contributed by atoms with Gasteiger partial charge in [0.05, 0.1) is 18.6 Å². The number of aliphatic hydroxyl groups excluding tert-OH is 1. The lowest BCUT2D eigenvalue weighted by atomic mass is 10.2. The largest absolute Gasteiger partial charge is 0.496 e. The summed E-state index contributed by atoms with van der Waals surface area (Å²) in [4.78, 5) is 2.34. The Morgan fingerprint density at radius 2 is 2.10 bits per heavy atom. The molecular weight excluding hydrogens is 292 g/mol. The molecule has 2 rings (SSSR count). The van der Waals surface area contributed by atoms with Crippen LogP contribution in [-0.2, 0) is 16.6 Å². The molecule has 1 saturated heterocycles. The number of aliphatic hydroxyl groups is 1. The van der Waals surface area contributed by atoms with Gasteiger partial charge in [0.2, 0.25) is 10.0 Å². The van der Waals surface area contributed by atoms with Crippen LogP contribution in [-0.4, -0.2) is 62.6 Å². The molecule has 1 atom stereocenters. The number of hydrogen-bond acceptors (Lipinski definition) is 5. The number of piperazine rings is 1. The molecule has 6 nitrogen and oxygen atoms in total. The van der Waals surface area contributed by atoms with Crippen molar-refractivity contribution in [3.8, 4) is 5.75 Å². The zero-order valence-electron chi connectivity index (χ0n) is 12.6. The molecule has 0 bridgehead atoms. The zero-order chi connectivity index (χ0) is 15.6. The fourth-order valence-corrected chi connectivity index (χ4v) is 3.98. The first-order valence-electron chi connectivity index (χ1n) is 6.88. The maximum Gasteiger partial charge on any atom is 0.243 e. The van der Waals surface area contributed by atoms with Gasteiger partial charge in [0.1, 0.15) is 5.75 Å². The van der Waals surface area contributed by atoms with Crippen LogP contribution in [0.5, 0.6) is 5.75 Å². The standard InChI is InChI=1S/C14H22N2O4S/c1-11-9-16(7-6-15(11)2)21(18,19)13-4-5-14(20-3)12(8-13)10-17/h4-5,8,11,17H,6-7,9-10H2,1-3H3. The molecule has 1 fully saturated rings. The Balaban J connectivity index is 2.31. The molecule has 118 valence electrons. The summed E-state index contributed by atoms with van der Waals surface area (Å²) in [5.74, 6) is 0.489. The second-order valence-corrected chi connectivity index (χ2v) is 7.26. The number of hydrogen-bond donors (Lipinski definition) is 1. The molecule has 1 unspecified atom stereocenters. The van der Waals surface area contributed by atoms with Crippen molar-refractivity contribution >= 4 is 10.0 Å². The molecule has 1 aromatic rings. The van der Waals surface area contributed by atoms with Crippen LogP contribution in [0.2, 0.25) is 0 Å². The third-order valence-electron chi connectivity index (χ3n) is 3.98. The summed E-state index contributed by atoms with van der Waals surface area (Å²) in [5, 5.41) is 9.33. The van der Waals surface area contributed by atoms with Gasteiger partial charge < -0.3 is 14.7 Å². The van der Waals surface area contributed by atoms with Gasteiger partial charge in [-0.15, -0.1) is 0 Å². The molecule has 0 aromatic heterocycles. The van der Waals surface area contributed by atoms with Crippen molar-refractivity contribution in [2.75, 3.05) is 33.8 Å². The Hall–Kier alpha value is -1.15. The Morgan fingerprint density at radius 1 is 1.38 bits per heavy atom. The van der Waals surface area contributed by atoms with E-state index in [0.717, 1.165) is 0 Å². The molecule has 1 aromatic carbocycles. The predicted octanol–water partition coefficient (Wildman–Crippen LogP) is 0.512. The van der Waals surface area contributed by atoms with Gasteiger partial charge in [-0.1, -0.05) is 0 Å². The molecule has 21 heavy (non-hydrogen) atoms. The number of methoxy groups -OCH3 is 1. The van der Waals surface area contributed by atoms with E-state index >= 15 is 0 Å². The minimum atomic E-state index is -3.54. The molecule has 0 radical (unpaired) electrons. The van der Waals surface area contributed by atoms with Crippen molar-refractivity contribution in [1.82, 2.24) is 9.21 Å². The van der Waals surface area contributed by atoms with Crippen LogP contribution in [0.15, 0.2) is 23.1 Å². The summed E-state index contributed by atoms with van der Waals surface area (Å²) in [7, 11) is -0.0531. The van der Waals surface area contributed by atoms with E-state index in [4.69, 9.17) is 4.74 Å². The molecule has 1 heterocycles. The van der Waals surface area contributed by atoms with Crippen molar-refractivity contribution in [3.05, 3.63) is 23.8 Å². The van der Waals surface area contributed by atoms with E-state index in [1.54, 1.807) is 6.07 Å². The first-order chi connectivity index (χ1) is 9.90. The second-order valence-electron chi connectivity index (χ2n) is 5.32. The Kier molecular flexibility index (Phi) is 4.88. The number of benzene rings is 1. The molecule has 0 amide bonds. The van der Waals surface area contributed by atoms with Crippen molar-refractivity contribution in [2.45, 2.75) is 24.5 Å². The minimum Gasteiger partial charge on any atom is -0.496 e. The summed E-state index contributed by atoms with van der Waals surface area (Å²) in [6, 6.07) is 4.77. The smallest absolute Gasteiger partial charge is 0.243 e. The third-order valence-corrected chi connectivity index (χ3v) is 5.84. The van der Waals surface area contributed by atoms with E-state index in [0.29, 0.717) is 30.9 Å². The van der Waals surface area contributed by atoms with Crippen LogP contribution in [0.3, 0.4) is 0 Å². The van der Waals surface area contributed by atoms with Gasteiger partial charge in [0.25, 0.3) is 0 Å². The maximum absolute atomic E-state index is 12.7. The SMILES string of the molecule is COc1ccc(S(=O)(=O)N2CCN(C)C(C)C2)cc1CO. The summed E-state index contributed by atoms with van der Waals surface area (Å²) >= 11 is 0. The summed E-state index contributed by atoms with van der Waals surface area (Å²) < 4.78 is 32.0.